The molecule has 0 fully saturated rings. The molecule has 2 aromatic rings. The van der Waals surface area contributed by atoms with E-state index in [1.165, 1.54) is 66.8 Å². The van der Waals surface area contributed by atoms with Crippen LogP contribution in [0, 0.1) is 74.1 Å². The van der Waals surface area contributed by atoms with Crippen molar-refractivity contribution in [2.75, 3.05) is 20.3 Å². The molecule has 1 heterocycles. The van der Waals surface area contributed by atoms with E-state index in [-0.39, 0.29) is 12.0 Å². The Labute approximate surface area is 227 Å². The van der Waals surface area contributed by atoms with Gasteiger partial charge in [0.2, 0.25) is 6.73 Å². The molecular formula is C34H52NO2+. The van der Waals surface area contributed by atoms with Crippen molar-refractivity contribution in [1.82, 2.24) is 0 Å². The highest BCUT2D eigenvalue weighted by molar-refractivity contribution is 5.69. The van der Waals surface area contributed by atoms with Gasteiger partial charge in [-0.1, -0.05) is 20.8 Å². The lowest BCUT2D eigenvalue weighted by Gasteiger charge is -2.46. The normalized spacial score (nSPS) is 20.2. The minimum absolute atomic E-state index is 0.0625. The number of likely N-dealkylation sites (N-methyl/N-ethyl adjacent to an activating group) is 1. The van der Waals surface area contributed by atoms with Gasteiger partial charge in [0, 0.05) is 24.8 Å². The van der Waals surface area contributed by atoms with Crippen molar-refractivity contribution in [2.45, 2.75) is 108 Å². The van der Waals surface area contributed by atoms with Gasteiger partial charge in [0.15, 0.2) is 0 Å². The second-order valence-corrected chi connectivity index (χ2v) is 12.7. The summed E-state index contributed by atoms with van der Waals surface area (Å²) in [6, 6.07) is 0.246. The van der Waals surface area contributed by atoms with Crippen molar-refractivity contribution >= 4 is 5.97 Å². The summed E-state index contributed by atoms with van der Waals surface area (Å²) < 4.78 is 6.81. The summed E-state index contributed by atoms with van der Waals surface area (Å²) in [5.74, 6) is 0.741. The topological polar surface area (TPSA) is 26.3 Å². The maximum Gasteiger partial charge on any atom is 0.310 e. The highest BCUT2D eigenvalue weighted by Gasteiger charge is 2.43. The summed E-state index contributed by atoms with van der Waals surface area (Å²) in [6.45, 7) is 28.5. The molecule has 0 radical (unpaired) electrons. The van der Waals surface area contributed by atoms with Gasteiger partial charge in [-0.05, 0) is 135 Å². The number of hydrogen-bond acceptors (Lipinski definition) is 2. The van der Waals surface area contributed by atoms with Crippen LogP contribution in [0.1, 0.15) is 100.0 Å². The molecule has 1 aliphatic rings. The van der Waals surface area contributed by atoms with E-state index >= 15 is 0 Å². The van der Waals surface area contributed by atoms with Gasteiger partial charge in [-0.15, -0.1) is 0 Å². The molecular weight excluding hydrogens is 454 g/mol. The molecule has 3 heteroatoms. The van der Waals surface area contributed by atoms with Crippen LogP contribution < -0.4 is 0 Å². The summed E-state index contributed by atoms with van der Waals surface area (Å²) in [5.41, 5.74) is 17.2. The molecule has 0 spiro atoms. The Kier molecular flexibility index (Phi) is 8.69. The van der Waals surface area contributed by atoms with Gasteiger partial charge in [0.1, 0.15) is 6.04 Å². The number of ether oxygens (including phenoxy) is 1. The van der Waals surface area contributed by atoms with Crippen molar-refractivity contribution in [3.63, 3.8) is 0 Å². The zero-order chi connectivity index (χ0) is 28.0. The molecule has 3 atom stereocenters. The van der Waals surface area contributed by atoms with Crippen LogP contribution >= 0.6 is 0 Å². The average Bonchev–Trinajstić information content (AvgIpc) is 2.85. The number of nitrogens with zero attached hydrogens (tertiary/aromatic N) is 1. The summed E-state index contributed by atoms with van der Waals surface area (Å²) in [7, 11) is 2.31. The first kappa shape index (κ1) is 29.4. The number of fused-ring (bicyclic) bond motifs is 1. The van der Waals surface area contributed by atoms with Crippen LogP contribution in [0.4, 0.5) is 0 Å². The van der Waals surface area contributed by atoms with E-state index in [4.69, 9.17) is 4.74 Å². The monoisotopic (exact) mass is 506 g/mol. The number of benzene rings is 2. The van der Waals surface area contributed by atoms with E-state index in [0.29, 0.717) is 25.0 Å². The van der Waals surface area contributed by atoms with Crippen LogP contribution in [0.5, 0.6) is 0 Å². The molecule has 0 N–H and O–H groups in total. The van der Waals surface area contributed by atoms with Gasteiger partial charge >= 0.3 is 5.97 Å². The maximum atomic E-state index is 12.9. The molecule has 3 nitrogen and oxygen atoms in total. The van der Waals surface area contributed by atoms with Crippen molar-refractivity contribution in [2.24, 2.45) is 11.8 Å². The number of carbonyl (C=O) groups excluding carboxylic acids is 1. The fourth-order valence-corrected chi connectivity index (χ4v) is 6.36. The lowest BCUT2D eigenvalue weighted by atomic mass is 9.77. The fourth-order valence-electron chi connectivity index (χ4n) is 6.36. The summed E-state index contributed by atoms with van der Waals surface area (Å²) >= 11 is 0. The maximum absolute atomic E-state index is 12.9. The molecule has 0 bridgehead atoms. The molecule has 37 heavy (non-hydrogen) atoms. The Morgan fingerprint density at radius 2 is 1.27 bits per heavy atom. The first-order valence-corrected chi connectivity index (χ1v) is 14.3. The van der Waals surface area contributed by atoms with Gasteiger partial charge in [0.05, 0.1) is 13.6 Å². The Balaban J connectivity index is 2.12. The molecule has 1 aliphatic heterocycles. The molecule has 0 saturated heterocycles. The lowest BCUT2D eigenvalue weighted by molar-refractivity contribution is -0.956. The predicted octanol–water partition coefficient (Wildman–Crippen LogP) is 7.93. The number of hydrogen-bond donors (Lipinski definition) is 0. The van der Waals surface area contributed by atoms with Crippen LogP contribution in [0.3, 0.4) is 0 Å². The molecule has 0 aliphatic carbocycles. The minimum atomic E-state index is -0.0625. The van der Waals surface area contributed by atoms with Gasteiger partial charge in [-0.25, -0.2) is 0 Å². The van der Waals surface area contributed by atoms with Crippen molar-refractivity contribution in [3.8, 4) is 0 Å². The number of rotatable bonds is 7. The molecule has 0 saturated carbocycles. The van der Waals surface area contributed by atoms with Crippen LogP contribution in [-0.4, -0.2) is 30.8 Å². The average molecular weight is 507 g/mol. The van der Waals surface area contributed by atoms with Gasteiger partial charge in [-0.3, -0.25) is 9.28 Å². The second kappa shape index (κ2) is 10.9. The molecule has 0 amide bonds. The van der Waals surface area contributed by atoms with E-state index in [1.807, 2.05) is 0 Å². The zero-order valence-electron chi connectivity index (χ0n) is 26.0. The van der Waals surface area contributed by atoms with E-state index in [1.54, 1.807) is 0 Å². The highest BCUT2D eigenvalue weighted by atomic mass is 16.5. The molecule has 3 rings (SSSR count). The van der Waals surface area contributed by atoms with Crippen LogP contribution in [0.2, 0.25) is 0 Å². The summed E-state index contributed by atoms with van der Waals surface area (Å²) in [5, 5.41) is 0. The smallest absolute Gasteiger partial charge is 0.310 e. The Morgan fingerprint density at radius 3 is 1.81 bits per heavy atom. The first-order chi connectivity index (χ1) is 17.1. The van der Waals surface area contributed by atoms with Crippen LogP contribution in [0.25, 0.3) is 0 Å². The Morgan fingerprint density at radius 1 is 0.784 bits per heavy atom. The van der Waals surface area contributed by atoms with Crippen LogP contribution in [-0.2, 0) is 22.4 Å². The second-order valence-electron chi connectivity index (χ2n) is 12.7. The predicted molar refractivity (Wildman–Crippen MR) is 156 cm³/mol. The third-order valence-corrected chi connectivity index (χ3v) is 10.5. The van der Waals surface area contributed by atoms with E-state index in [9.17, 15) is 4.79 Å². The van der Waals surface area contributed by atoms with Gasteiger partial charge in [-0.2, -0.15) is 0 Å². The van der Waals surface area contributed by atoms with Crippen molar-refractivity contribution < 1.29 is 14.0 Å². The number of quaternary nitrogens is 1. The molecule has 204 valence electrons. The summed E-state index contributed by atoms with van der Waals surface area (Å²) in [6.07, 6.45) is 2.48. The van der Waals surface area contributed by atoms with Crippen LogP contribution in [0.15, 0.2) is 0 Å². The molecule has 3 unspecified atom stereocenters. The number of carbonyl (C=O) groups is 1. The van der Waals surface area contributed by atoms with E-state index in [2.05, 4.69) is 90.1 Å². The Hall–Kier alpha value is -2.13. The fraction of sp³-hybridized carbons (Fsp3) is 0.618. The van der Waals surface area contributed by atoms with E-state index < -0.39 is 0 Å². The third kappa shape index (κ3) is 5.39. The first-order valence-electron chi connectivity index (χ1n) is 14.3. The van der Waals surface area contributed by atoms with Crippen molar-refractivity contribution in [1.29, 1.82) is 0 Å². The van der Waals surface area contributed by atoms with Crippen molar-refractivity contribution in [3.05, 3.63) is 66.8 Å². The quantitative estimate of drug-likeness (QED) is 0.281. The third-order valence-electron chi connectivity index (χ3n) is 10.5. The largest absolute Gasteiger partial charge is 0.415 e. The van der Waals surface area contributed by atoms with Gasteiger partial charge < -0.3 is 4.74 Å². The SMILES string of the molecule is Cc1c(C)c(C)c(CC2c3c(C)c(C)c(C)c(C)c3CC[N+]2(C)COC(=O)CC(C)C(C)C)c(C)c1C. The lowest BCUT2D eigenvalue weighted by Crippen LogP contribution is -2.54. The summed E-state index contributed by atoms with van der Waals surface area (Å²) in [4.78, 5) is 12.9. The zero-order valence-corrected chi connectivity index (χ0v) is 26.0. The standard InChI is InChI=1S/C34H52NO2/c1-19(2)20(3)16-33(36)37-18-35(13)15-14-30-26(9)24(7)25(8)29(12)34(30)32(35)17-31-27(10)22(5)21(4)23(6)28(31)11/h19-20,32H,14-18H2,1-13H3/q+1. The van der Waals surface area contributed by atoms with Gasteiger partial charge in [0.25, 0.3) is 0 Å². The minimum Gasteiger partial charge on any atom is -0.415 e. The Bertz CT molecular complexity index is 1180. The van der Waals surface area contributed by atoms with E-state index in [0.717, 1.165) is 23.9 Å². The highest BCUT2D eigenvalue weighted by Crippen LogP contribution is 2.44. The molecule has 2 aromatic carbocycles. The molecule has 0 aromatic heterocycles. The number of esters is 1.